The van der Waals surface area contributed by atoms with Gasteiger partial charge in [-0.3, -0.25) is 9.20 Å². The standard InChI is InChI=1S/C26H20ClFN4O2/c1-16-13-22(30-32(16)21-6-3-5-19(27)14-21)24-17(2)29-25-23(7-4-12-31(25)26(24)33)34-15-18-8-10-20(28)11-9-18/h3-14H,15H2,1-2H3. The minimum atomic E-state index is -0.307. The molecule has 0 amide bonds. The molecular formula is C26H20ClFN4O2. The van der Waals surface area contributed by atoms with Crippen LogP contribution in [0, 0.1) is 19.7 Å². The molecule has 5 aromatic rings. The summed E-state index contributed by atoms with van der Waals surface area (Å²) in [6, 6.07) is 18.8. The molecule has 3 aromatic heterocycles. The van der Waals surface area contributed by atoms with Crippen molar-refractivity contribution in [2.45, 2.75) is 20.5 Å². The van der Waals surface area contributed by atoms with E-state index in [2.05, 4.69) is 10.1 Å². The highest BCUT2D eigenvalue weighted by Crippen LogP contribution is 2.25. The molecule has 0 atom stereocenters. The van der Waals surface area contributed by atoms with Crippen LogP contribution in [0.2, 0.25) is 5.02 Å². The van der Waals surface area contributed by atoms with Crippen LogP contribution in [-0.2, 0) is 6.61 Å². The summed E-state index contributed by atoms with van der Waals surface area (Å²) < 4.78 is 22.3. The number of hydrogen-bond donors (Lipinski definition) is 0. The summed E-state index contributed by atoms with van der Waals surface area (Å²) >= 11 is 6.14. The normalized spacial score (nSPS) is 11.2. The number of nitrogens with zero attached hydrogens (tertiary/aromatic N) is 4. The lowest BCUT2D eigenvalue weighted by Gasteiger charge is -2.11. The number of halogens is 2. The first-order valence-corrected chi connectivity index (χ1v) is 11.0. The number of fused-ring (bicyclic) bond motifs is 1. The molecule has 0 aliphatic carbocycles. The molecule has 0 spiro atoms. The molecule has 34 heavy (non-hydrogen) atoms. The highest BCUT2D eigenvalue weighted by Gasteiger charge is 2.18. The smallest absolute Gasteiger partial charge is 0.267 e. The maximum atomic E-state index is 13.5. The van der Waals surface area contributed by atoms with E-state index >= 15 is 0 Å². The fraction of sp³-hybridized carbons (Fsp3) is 0.115. The zero-order valence-corrected chi connectivity index (χ0v) is 19.3. The molecule has 0 saturated heterocycles. The Morgan fingerprint density at radius 3 is 2.59 bits per heavy atom. The molecule has 2 aromatic carbocycles. The lowest BCUT2D eigenvalue weighted by Crippen LogP contribution is -2.19. The van der Waals surface area contributed by atoms with Crippen LogP contribution in [0.25, 0.3) is 22.6 Å². The molecule has 0 fully saturated rings. The number of pyridine rings is 1. The summed E-state index contributed by atoms with van der Waals surface area (Å²) in [4.78, 5) is 18.2. The van der Waals surface area contributed by atoms with E-state index in [4.69, 9.17) is 16.3 Å². The van der Waals surface area contributed by atoms with Crippen LogP contribution >= 0.6 is 11.6 Å². The molecule has 0 aliphatic rings. The van der Waals surface area contributed by atoms with E-state index in [1.807, 2.05) is 31.2 Å². The second kappa shape index (κ2) is 8.76. The summed E-state index contributed by atoms with van der Waals surface area (Å²) in [5.41, 5.74) is 4.11. The lowest BCUT2D eigenvalue weighted by molar-refractivity contribution is 0.307. The van der Waals surface area contributed by atoms with Gasteiger partial charge in [0.1, 0.15) is 18.1 Å². The molecule has 0 N–H and O–H groups in total. The van der Waals surface area contributed by atoms with Gasteiger partial charge in [-0.1, -0.05) is 29.8 Å². The first-order valence-electron chi connectivity index (χ1n) is 10.6. The fourth-order valence-electron chi connectivity index (χ4n) is 3.86. The Bertz CT molecular complexity index is 1570. The zero-order chi connectivity index (χ0) is 23.8. The summed E-state index contributed by atoms with van der Waals surface area (Å²) in [5.74, 6) is 0.150. The van der Waals surface area contributed by atoms with Gasteiger partial charge in [-0.15, -0.1) is 0 Å². The third kappa shape index (κ3) is 4.06. The number of benzene rings is 2. The molecule has 0 aliphatic heterocycles. The summed E-state index contributed by atoms with van der Waals surface area (Å²) in [7, 11) is 0. The van der Waals surface area contributed by atoms with Gasteiger partial charge in [0.2, 0.25) is 0 Å². The molecule has 8 heteroatoms. The minimum Gasteiger partial charge on any atom is -0.485 e. The number of aryl methyl sites for hydroxylation is 2. The Kier molecular flexibility index (Phi) is 5.63. The van der Waals surface area contributed by atoms with E-state index in [1.54, 1.807) is 48.1 Å². The van der Waals surface area contributed by atoms with Gasteiger partial charge >= 0.3 is 0 Å². The van der Waals surface area contributed by atoms with E-state index in [0.29, 0.717) is 33.4 Å². The highest BCUT2D eigenvalue weighted by atomic mass is 35.5. The van der Waals surface area contributed by atoms with Crippen molar-refractivity contribution in [2.75, 3.05) is 0 Å². The van der Waals surface area contributed by atoms with E-state index < -0.39 is 0 Å². The average molecular weight is 475 g/mol. The molecule has 6 nitrogen and oxygen atoms in total. The number of hydrogen-bond acceptors (Lipinski definition) is 4. The molecule has 3 heterocycles. The van der Waals surface area contributed by atoms with Crippen molar-refractivity contribution >= 4 is 17.2 Å². The first kappa shape index (κ1) is 21.9. The zero-order valence-electron chi connectivity index (χ0n) is 18.5. The van der Waals surface area contributed by atoms with Crippen LogP contribution in [0.4, 0.5) is 4.39 Å². The van der Waals surface area contributed by atoms with Crippen molar-refractivity contribution in [3.63, 3.8) is 0 Å². The van der Waals surface area contributed by atoms with Crippen molar-refractivity contribution in [3.8, 4) is 22.7 Å². The predicted molar refractivity (Wildman–Crippen MR) is 129 cm³/mol. The number of ether oxygens (including phenoxy) is 1. The van der Waals surface area contributed by atoms with Crippen LogP contribution in [0.5, 0.6) is 5.75 Å². The van der Waals surface area contributed by atoms with E-state index in [-0.39, 0.29) is 18.0 Å². The van der Waals surface area contributed by atoms with Gasteiger partial charge in [-0.05, 0) is 67.9 Å². The van der Waals surface area contributed by atoms with E-state index in [9.17, 15) is 9.18 Å². The monoisotopic (exact) mass is 474 g/mol. The molecule has 170 valence electrons. The van der Waals surface area contributed by atoms with Crippen LogP contribution in [0.15, 0.2) is 77.7 Å². The Morgan fingerprint density at radius 1 is 1.03 bits per heavy atom. The van der Waals surface area contributed by atoms with E-state index in [1.165, 1.54) is 16.5 Å². The van der Waals surface area contributed by atoms with Gasteiger partial charge in [0.05, 0.1) is 16.9 Å². The Morgan fingerprint density at radius 2 is 1.82 bits per heavy atom. The molecule has 5 rings (SSSR count). The second-order valence-electron chi connectivity index (χ2n) is 7.92. The van der Waals surface area contributed by atoms with Crippen molar-refractivity contribution in [1.82, 2.24) is 19.2 Å². The summed E-state index contributed by atoms with van der Waals surface area (Å²) in [6.07, 6.45) is 1.65. The largest absolute Gasteiger partial charge is 0.485 e. The van der Waals surface area contributed by atoms with Gasteiger partial charge in [0, 0.05) is 16.9 Å². The van der Waals surface area contributed by atoms with Crippen molar-refractivity contribution in [1.29, 1.82) is 0 Å². The van der Waals surface area contributed by atoms with Crippen LogP contribution < -0.4 is 10.3 Å². The molecule has 0 radical (unpaired) electrons. The molecule has 0 saturated carbocycles. The SMILES string of the molecule is Cc1nc2c(OCc3ccc(F)cc3)cccn2c(=O)c1-c1cc(C)n(-c2cccc(Cl)c2)n1. The third-order valence-corrected chi connectivity index (χ3v) is 5.74. The van der Waals surface area contributed by atoms with Crippen LogP contribution in [0.3, 0.4) is 0 Å². The summed E-state index contributed by atoms with van der Waals surface area (Å²) in [5, 5.41) is 5.27. The molecule has 0 bridgehead atoms. The Balaban J connectivity index is 1.55. The fourth-order valence-corrected chi connectivity index (χ4v) is 4.04. The first-order chi connectivity index (χ1) is 16.4. The number of rotatable bonds is 5. The predicted octanol–water partition coefficient (Wildman–Crippen LogP) is 5.54. The van der Waals surface area contributed by atoms with E-state index in [0.717, 1.165) is 16.9 Å². The maximum absolute atomic E-state index is 13.5. The van der Waals surface area contributed by atoms with Crippen LogP contribution in [0.1, 0.15) is 17.0 Å². The average Bonchev–Trinajstić information content (AvgIpc) is 3.20. The Labute approximate surface area is 199 Å². The minimum absolute atomic E-state index is 0.222. The summed E-state index contributed by atoms with van der Waals surface area (Å²) in [6.45, 7) is 3.92. The van der Waals surface area contributed by atoms with Gasteiger partial charge in [-0.2, -0.15) is 5.10 Å². The quantitative estimate of drug-likeness (QED) is 0.336. The lowest BCUT2D eigenvalue weighted by atomic mass is 10.1. The van der Waals surface area contributed by atoms with Crippen molar-refractivity contribution in [2.24, 2.45) is 0 Å². The Hall–Kier alpha value is -3.97. The molecule has 0 unspecified atom stereocenters. The molecular weight excluding hydrogens is 455 g/mol. The number of aromatic nitrogens is 4. The third-order valence-electron chi connectivity index (χ3n) is 5.50. The van der Waals surface area contributed by atoms with Gasteiger partial charge in [0.15, 0.2) is 11.4 Å². The topological polar surface area (TPSA) is 61.4 Å². The highest BCUT2D eigenvalue weighted by molar-refractivity contribution is 6.30. The maximum Gasteiger partial charge on any atom is 0.267 e. The van der Waals surface area contributed by atoms with Gasteiger partial charge in [-0.25, -0.2) is 14.1 Å². The van der Waals surface area contributed by atoms with Gasteiger partial charge in [0.25, 0.3) is 5.56 Å². The van der Waals surface area contributed by atoms with Crippen molar-refractivity contribution < 1.29 is 9.13 Å². The van der Waals surface area contributed by atoms with Crippen LogP contribution in [-0.4, -0.2) is 19.2 Å². The van der Waals surface area contributed by atoms with Crippen molar-refractivity contribution in [3.05, 3.63) is 111 Å². The van der Waals surface area contributed by atoms with Gasteiger partial charge < -0.3 is 4.74 Å². The second-order valence-corrected chi connectivity index (χ2v) is 8.36.